The second-order valence-corrected chi connectivity index (χ2v) is 4.83. The molecule has 106 valence electrons. The van der Waals surface area contributed by atoms with Gasteiger partial charge in [0.25, 0.3) is 0 Å². The summed E-state index contributed by atoms with van der Waals surface area (Å²) in [7, 11) is 1.66. The summed E-state index contributed by atoms with van der Waals surface area (Å²) < 4.78 is 5.22. The van der Waals surface area contributed by atoms with Crippen molar-refractivity contribution in [3.05, 3.63) is 65.7 Å². The summed E-state index contributed by atoms with van der Waals surface area (Å²) in [6.07, 6.45) is -0.496. The van der Waals surface area contributed by atoms with Crippen LogP contribution in [-0.4, -0.2) is 18.8 Å². The largest absolute Gasteiger partial charge is 0.497 e. The Morgan fingerprint density at radius 2 is 1.75 bits per heavy atom. The molecule has 0 spiro atoms. The molecule has 0 radical (unpaired) electrons. The van der Waals surface area contributed by atoms with Crippen LogP contribution >= 0.6 is 0 Å². The van der Waals surface area contributed by atoms with Gasteiger partial charge in [-0.2, -0.15) is 0 Å². The lowest BCUT2D eigenvalue weighted by Crippen LogP contribution is -2.24. The van der Waals surface area contributed by atoms with E-state index in [-0.39, 0.29) is 6.04 Å². The number of nitrogens with one attached hydrogen (secondary N) is 1. The van der Waals surface area contributed by atoms with Crippen molar-refractivity contribution >= 4 is 0 Å². The molecule has 0 saturated heterocycles. The number of rotatable bonds is 6. The molecule has 0 amide bonds. The monoisotopic (exact) mass is 271 g/mol. The summed E-state index contributed by atoms with van der Waals surface area (Å²) in [6, 6.07) is 17.8. The molecule has 2 rings (SSSR count). The number of aliphatic hydroxyl groups excluding tert-OH is 1. The molecule has 2 aromatic carbocycles. The molecule has 20 heavy (non-hydrogen) atoms. The molecule has 0 aliphatic rings. The lowest BCUT2D eigenvalue weighted by atomic mass is 10.1. The molecule has 3 nitrogen and oxygen atoms in total. The molecule has 0 aromatic heterocycles. The maximum Gasteiger partial charge on any atom is 0.119 e. The van der Waals surface area contributed by atoms with Gasteiger partial charge in [-0.15, -0.1) is 0 Å². The van der Waals surface area contributed by atoms with Crippen molar-refractivity contribution in [2.75, 3.05) is 13.7 Å². The van der Waals surface area contributed by atoms with Gasteiger partial charge in [0.05, 0.1) is 13.2 Å². The Morgan fingerprint density at radius 3 is 2.45 bits per heavy atom. The van der Waals surface area contributed by atoms with Gasteiger partial charge in [-0.1, -0.05) is 42.5 Å². The van der Waals surface area contributed by atoms with E-state index in [1.807, 2.05) is 48.5 Å². The van der Waals surface area contributed by atoms with E-state index in [1.165, 1.54) is 0 Å². The molecule has 0 bridgehead atoms. The van der Waals surface area contributed by atoms with Crippen molar-refractivity contribution in [2.45, 2.75) is 19.1 Å². The van der Waals surface area contributed by atoms with Crippen LogP contribution in [0, 0.1) is 0 Å². The molecular weight excluding hydrogens is 250 g/mol. The highest BCUT2D eigenvalue weighted by Gasteiger charge is 2.10. The SMILES string of the molecule is COc1cccc([C@@H](C)NCC(O)c2ccccc2)c1. The van der Waals surface area contributed by atoms with Crippen LogP contribution < -0.4 is 10.1 Å². The zero-order valence-electron chi connectivity index (χ0n) is 11.9. The molecule has 2 atom stereocenters. The highest BCUT2D eigenvalue weighted by Crippen LogP contribution is 2.19. The van der Waals surface area contributed by atoms with E-state index >= 15 is 0 Å². The predicted molar refractivity (Wildman–Crippen MR) is 80.8 cm³/mol. The summed E-state index contributed by atoms with van der Waals surface area (Å²) in [5, 5.41) is 13.5. The molecule has 2 N–H and O–H groups in total. The third kappa shape index (κ3) is 3.83. The van der Waals surface area contributed by atoms with Crippen molar-refractivity contribution in [3.63, 3.8) is 0 Å². The van der Waals surface area contributed by atoms with Crippen LogP contribution in [0.4, 0.5) is 0 Å². The van der Waals surface area contributed by atoms with Gasteiger partial charge in [-0.05, 0) is 30.2 Å². The van der Waals surface area contributed by atoms with Gasteiger partial charge in [-0.25, -0.2) is 0 Å². The molecule has 0 fully saturated rings. The van der Waals surface area contributed by atoms with Crippen LogP contribution in [0.2, 0.25) is 0 Å². The summed E-state index contributed by atoms with van der Waals surface area (Å²) in [4.78, 5) is 0. The number of ether oxygens (including phenoxy) is 1. The van der Waals surface area contributed by atoms with Gasteiger partial charge in [-0.3, -0.25) is 0 Å². The fraction of sp³-hybridized carbons (Fsp3) is 0.294. The van der Waals surface area contributed by atoms with Crippen molar-refractivity contribution in [1.29, 1.82) is 0 Å². The first-order chi connectivity index (χ1) is 9.70. The van der Waals surface area contributed by atoms with Gasteiger partial charge in [0.2, 0.25) is 0 Å². The molecule has 0 heterocycles. The average molecular weight is 271 g/mol. The summed E-state index contributed by atoms with van der Waals surface area (Å²) in [5.41, 5.74) is 2.07. The quantitative estimate of drug-likeness (QED) is 0.848. The number of hydrogen-bond acceptors (Lipinski definition) is 3. The Hall–Kier alpha value is -1.84. The molecule has 3 heteroatoms. The van der Waals surface area contributed by atoms with Gasteiger partial charge in [0.15, 0.2) is 0 Å². The Labute approximate surface area is 120 Å². The Morgan fingerprint density at radius 1 is 1.05 bits per heavy atom. The van der Waals surface area contributed by atoms with Gasteiger partial charge in [0.1, 0.15) is 5.75 Å². The Kier molecular flexibility index (Phi) is 5.16. The molecule has 0 aliphatic heterocycles. The maximum absolute atomic E-state index is 10.1. The third-order valence-electron chi connectivity index (χ3n) is 3.40. The van der Waals surface area contributed by atoms with Crippen LogP contribution in [0.1, 0.15) is 30.2 Å². The minimum Gasteiger partial charge on any atom is -0.497 e. The van der Waals surface area contributed by atoms with E-state index in [0.717, 1.165) is 16.9 Å². The minimum atomic E-state index is -0.496. The first kappa shape index (κ1) is 14.6. The first-order valence-corrected chi connectivity index (χ1v) is 6.81. The van der Waals surface area contributed by atoms with E-state index < -0.39 is 6.10 Å². The zero-order valence-corrected chi connectivity index (χ0v) is 11.9. The van der Waals surface area contributed by atoms with Gasteiger partial charge >= 0.3 is 0 Å². The molecular formula is C17H21NO2. The highest BCUT2D eigenvalue weighted by molar-refractivity contribution is 5.30. The van der Waals surface area contributed by atoms with E-state index in [1.54, 1.807) is 7.11 Å². The van der Waals surface area contributed by atoms with Crippen LogP contribution in [0.25, 0.3) is 0 Å². The smallest absolute Gasteiger partial charge is 0.119 e. The normalized spacial score (nSPS) is 13.8. The standard InChI is InChI=1S/C17H21NO2/c1-13(15-9-6-10-16(11-15)20-2)18-12-17(19)14-7-4-3-5-8-14/h3-11,13,17-19H,12H2,1-2H3/t13-,17?/m1/s1. The summed E-state index contributed by atoms with van der Waals surface area (Å²) in [6.45, 7) is 2.59. The lowest BCUT2D eigenvalue weighted by molar-refractivity contribution is 0.171. The fourth-order valence-electron chi connectivity index (χ4n) is 2.11. The van der Waals surface area contributed by atoms with Crippen molar-refractivity contribution in [3.8, 4) is 5.75 Å². The number of benzene rings is 2. The zero-order chi connectivity index (χ0) is 14.4. The Balaban J connectivity index is 1.93. The van der Waals surface area contributed by atoms with Gasteiger partial charge in [0, 0.05) is 12.6 Å². The minimum absolute atomic E-state index is 0.156. The predicted octanol–water partition coefficient (Wildman–Crippen LogP) is 3.08. The maximum atomic E-state index is 10.1. The highest BCUT2D eigenvalue weighted by atomic mass is 16.5. The molecule has 1 unspecified atom stereocenters. The van der Waals surface area contributed by atoms with Crippen LogP contribution in [-0.2, 0) is 0 Å². The molecule has 0 aliphatic carbocycles. The molecule has 2 aromatic rings. The van der Waals surface area contributed by atoms with Crippen molar-refractivity contribution < 1.29 is 9.84 Å². The van der Waals surface area contributed by atoms with E-state index in [0.29, 0.717) is 6.54 Å². The summed E-state index contributed by atoms with van der Waals surface area (Å²) in [5.74, 6) is 0.847. The molecule has 0 saturated carbocycles. The van der Waals surface area contributed by atoms with Crippen LogP contribution in [0.5, 0.6) is 5.75 Å². The van der Waals surface area contributed by atoms with Crippen molar-refractivity contribution in [1.82, 2.24) is 5.32 Å². The second kappa shape index (κ2) is 7.08. The number of methoxy groups -OCH3 is 1. The number of aliphatic hydroxyl groups is 1. The summed E-state index contributed by atoms with van der Waals surface area (Å²) >= 11 is 0. The van der Waals surface area contributed by atoms with E-state index in [2.05, 4.69) is 18.3 Å². The van der Waals surface area contributed by atoms with Crippen LogP contribution in [0.15, 0.2) is 54.6 Å². The first-order valence-electron chi connectivity index (χ1n) is 6.81. The topological polar surface area (TPSA) is 41.5 Å². The average Bonchev–Trinajstić information content (AvgIpc) is 2.53. The lowest BCUT2D eigenvalue weighted by Gasteiger charge is -2.18. The van der Waals surface area contributed by atoms with Crippen molar-refractivity contribution in [2.24, 2.45) is 0 Å². The number of hydrogen-bond donors (Lipinski definition) is 2. The Bertz CT molecular complexity index is 528. The fourth-order valence-corrected chi connectivity index (χ4v) is 2.11. The van der Waals surface area contributed by atoms with Crippen LogP contribution in [0.3, 0.4) is 0 Å². The second-order valence-electron chi connectivity index (χ2n) is 4.83. The van der Waals surface area contributed by atoms with E-state index in [9.17, 15) is 5.11 Å². The van der Waals surface area contributed by atoms with E-state index in [4.69, 9.17) is 4.74 Å². The van der Waals surface area contributed by atoms with Gasteiger partial charge < -0.3 is 15.2 Å². The third-order valence-corrected chi connectivity index (χ3v) is 3.40.